The van der Waals surface area contributed by atoms with Gasteiger partial charge in [-0.1, -0.05) is 0 Å². The third-order valence-corrected chi connectivity index (χ3v) is 2.74. The summed E-state index contributed by atoms with van der Waals surface area (Å²) >= 11 is 0. The van der Waals surface area contributed by atoms with Crippen LogP contribution in [0.15, 0.2) is 0 Å². The summed E-state index contributed by atoms with van der Waals surface area (Å²) in [6, 6.07) is 0. The molecule has 0 aliphatic carbocycles. The first-order valence-electron chi connectivity index (χ1n) is 6.07. The molecular weight excluding hydrogens is 206 g/mol. The number of aliphatic hydroxyl groups is 1. The molecule has 0 bridgehead atoms. The van der Waals surface area contributed by atoms with Crippen LogP contribution in [0.4, 0.5) is 0 Å². The Morgan fingerprint density at radius 2 is 1.69 bits per heavy atom. The van der Waals surface area contributed by atoms with Crippen LogP contribution in [0.5, 0.6) is 0 Å². The van der Waals surface area contributed by atoms with Crippen LogP contribution >= 0.6 is 0 Å². The minimum absolute atomic E-state index is 0.0842. The van der Waals surface area contributed by atoms with E-state index in [9.17, 15) is 0 Å². The summed E-state index contributed by atoms with van der Waals surface area (Å²) in [5.41, 5.74) is 5.72. The number of nitrogens with one attached hydrogen (secondary N) is 3. The second-order valence-electron chi connectivity index (χ2n) is 4.03. The van der Waals surface area contributed by atoms with E-state index in [0.29, 0.717) is 6.54 Å². The van der Waals surface area contributed by atoms with Gasteiger partial charge < -0.3 is 26.8 Å². The van der Waals surface area contributed by atoms with Gasteiger partial charge in [-0.2, -0.15) is 0 Å². The van der Waals surface area contributed by atoms with Gasteiger partial charge in [0.2, 0.25) is 0 Å². The van der Waals surface area contributed by atoms with Crippen LogP contribution in [0.2, 0.25) is 0 Å². The zero-order valence-corrected chi connectivity index (χ0v) is 9.91. The van der Waals surface area contributed by atoms with Crippen molar-refractivity contribution in [2.24, 2.45) is 5.73 Å². The fourth-order valence-corrected chi connectivity index (χ4v) is 1.78. The summed E-state index contributed by atoms with van der Waals surface area (Å²) in [7, 11) is 0. The number of hydrogen-bond acceptors (Lipinski definition) is 6. The Bertz CT molecular complexity index is 152. The van der Waals surface area contributed by atoms with Crippen LogP contribution in [0.25, 0.3) is 0 Å². The van der Waals surface area contributed by atoms with Crippen LogP contribution in [0, 0.1) is 0 Å². The molecular formula is C10H25N5O. The van der Waals surface area contributed by atoms with Gasteiger partial charge in [0, 0.05) is 52.4 Å². The van der Waals surface area contributed by atoms with E-state index in [1.165, 1.54) is 0 Å². The van der Waals surface area contributed by atoms with Crippen molar-refractivity contribution >= 4 is 0 Å². The van der Waals surface area contributed by atoms with E-state index in [1.807, 2.05) is 0 Å². The summed E-state index contributed by atoms with van der Waals surface area (Å²) in [6.45, 7) is 8.21. The number of β-amino-alcohol motifs (C(OH)–C–C–N with tert-alkyl or cyclic N) is 1. The van der Waals surface area contributed by atoms with Crippen molar-refractivity contribution in [3.05, 3.63) is 0 Å². The van der Waals surface area contributed by atoms with Gasteiger partial charge in [0.1, 0.15) is 0 Å². The fourth-order valence-electron chi connectivity index (χ4n) is 1.78. The van der Waals surface area contributed by atoms with Crippen LogP contribution in [-0.2, 0) is 0 Å². The van der Waals surface area contributed by atoms with Crippen molar-refractivity contribution in [2.75, 3.05) is 59.0 Å². The molecule has 6 N–H and O–H groups in total. The summed E-state index contributed by atoms with van der Waals surface area (Å²) in [5.74, 6) is 0. The molecule has 2 saturated heterocycles. The average Bonchev–Trinajstić information content (AvgIpc) is 2.35. The van der Waals surface area contributed by atoms with Crippen LogP contribution in [-0.4, -0.2) is 75.1 Å². The molecule has 16 heavy (non-hydrogen) atoms. The van der Waals surface area contributed by atoms with Crippen molar-refractivity contribution in [1.29, 1.82) is 0 Å². The second-order valence-corrected chi connectivity index (χ2v) is 4.03. The first kappa shape index (κ1) is 13.8. The zero-order valence-electron chi connectivity index (χ0n) is 9.91. The van der Waals surface area contributed by atoms with E-state index in [-0.39, 0.29) is 12.8 Å². The maximum absolute atomic E-state index is 8.62. The topological polar surface area (TPSA) is 85.6 Å². The van der Waals surface area contributed by atoms with E-state index < -0.39 is 0 Å². The molecule has 1 unspecified atom stereocenters. The highest BCUT2D eigenvalue weighted by molar-refractivity contribution is 4.74. The molecule has 0 aromatic rings. The molecule has 2 aliphatic rings. The number of nitrogens with zero attached hydrogens (tertiary/aromatic N) is 1. The molecule has 1 atom stereocenters. The molecule has 2 heterocycles. The Hall–Kier alpha value is -0.240. The highest BCUT2D eigenvalue weighted by Gasteiger charge is 2.16. The van der Waals surface area contributed by atoms with E-state index in [0.717, 1.165) is 45.8 Å². The Balaban J connectivity index is 0.000000181. The Kier molecular flexibility index (Phi) is 7.65. The predicted octanol–water partition coefficient (Wildman–Crippen LogP) is -2.65. The zero-order chi connectivity index (χ0) is 11.6. The molecule has 0 spiro atoms. The van der Waals surface area contributed by atoms with Gasteiger partial charge in [-0.05, 0) is 0 Å². The Morgan fingerprint density at radius 1 is 1.06 bits per heavy atom. The number of hydrogen-bond donors (Lipinski definition) is 5. The summed E-state index contributed by atoms with van der Waals surface area (Å²) in [6.07, 6.45) is 0.0842. The normalized spacial score (nSPS) is 27.0. The third kappa shape index (κ3) is 5.74. The van der Waals surface area contributed by atoms with E-state index in [4.69, 9.17) is 10.8 Å². The molecule has 0 amide bonds. The lowest BCUT2D eigenvalue weighted by atomic mass is 10.3. The summed E-state index contributed by atoms with van der Waals surface area (Å²) in [4.78, 5) is 2.08. The van der Waals surface area contributed by atoms with Gasteiger partial charge in [-0.25, -0.2) is 0 Å². The van der Waals surface area contributed by atoms with Gasteiger partial charge in [-0.15, -0.1) is 0 Å². The lowest BCUT2D eigenvalue weighted by Gasteiger charge is -2.32. The quantitative estimate of drug-likeness (QED) is 0.357. The van der Waals surface area contributed by atoms with Gasteiger partial charge >= 0.3 is 0 Å². The molecule has 6 nitrogen and oxygen atoms in total. The maximum atomic E-state index is 8.62. The summed E-state index contributed by atoms with van der Waals surface area (Å²) < 4.78 is 0. The summed E-state index contributed by atoms with van der Waals surface area (Å²) in [5, 5.41) is 18.2. The third-order valence-electron chi connectivity index (χ3n) is 2.74. The van der Waals surface area contributed by atoms with Gasteiger partial charge in [0.05, 0.1) is 12.8 Å². The smallest absolute Gasteiger partial charge is 0.0701 e. The highest BCUT2D eigenvalue weighted by Crippen LogP contribution is 1.95. The average molecular weight is 231 g/mol. The van der Waals surface area contributed by atoms with Crippen molar-refractivity contribution in [2.45, 2.75) is 6.17 Å². The largest absolute Gasteiger partial charge is 0.395 e. The fraction of sp³-hybridized carbons (Fsp3) is 1.00. The molecule has 96 valence electrons. The first-order chi connectivity index (χ1) is 7.84. The number of aliphatic hydroxyl groups excluding tert-OH is 1. The van der Waals surface area contributed by atoms with Crippen molar-refractivity contribution in [3.63, 3.8) is 0 Å². The highest BCUT2D eigenvalue weighted by atomic mass is 16.3. The first-order valence-corrected chi connectivity index (χ1v) is 6.07. The Labute approximate surface area is 97.6 Å². The van der Waals surface area contributed by atoms with Crippen molar-refractivity contribution in [1.82, 2.24) is 20.9 Å². The van der Waals surface area contributed by atoms with Crippen LogP contribution in [0.3, 0.4) is 0 Å². The molecule has 6 heteroatoms. The van der Waals surface area contributed by atoms with Gasteiger partial charge in [0.15, 0.2) is 0 Å². The minimum Gasteiger partial charge on any atom is -0.395 e. The van der Waals surface area contributed by atoms with Crippen molar-refractivity contribution in [3.8, 4) is 0 Å². The van der Waals surface area contributed by atoms with E-state index >= 15 is 0 Å². The molecule has 0 radical (unpaired) electrons. The van der Waals surface area contributed by atoms with Gasteiger partial charge in [-0.3, -0.25) is 4.90 Å². The van der Waals surface area contributed by atoms with E-state index in [1.54, 1.807) is 0 Å². The SMILES string of the molecule is C1CNCCN1.NC1CNCCN1CCO. The molecule has 0 aromatic heterocycles. The van der Waals surface area contributed by atoms with E-state index in [2.05, 4.69) is 20.9 Å². The Morgan fingerprint density at radius 3 is 2.12 bits per heavy atom. The lowest BCUT2D eigenvalue weighted by Crippen LogP contribution is -2.56. The van der Waals surface area contributed by atoms with Gasteiger partial charge in [0.25, 0.3) is 0 Å². The predicted molar refractivity (Wildman–Crippen MR) is 65.2 cm³/mol. The number of nitrogens with two attached hydrogens (primary N) is 1. The number of piperazine rings is 2. The molecule has 0 saturated carbocycles. The minimum atomic E-state index is 0.0842. The van der Waals surface area contributed by atoms with Crippen molar-refractivity contribution < 1.29 is 5.11 Å². The molecule has 2 rings (SSSR count). The monoisotopic (exact) mass is 231 g/mol. The molecule has 0 aromatic carbocycles. The maximum Gasteiger partial charge on any atom is 0.0701 e. The second kappa shape index (κ2) is 8.86. The molecule has 2 fully saturated rings. The van der Waals surface area contributed by atoms with Crippen LogP contribution in [0.1, 0.15) is 0 Å². The number of rotatable bonds is 2. The van der Waals surface area contributed by atoms with Crippen LogP contribution < -0.4 is 21.7 Å². The lowest BCUT2D eigenvalue weighted by molar-refractivity contribution is 0.130. The molecule has 2 aliphatic heterocycles. The standard InChI is InChI=1S/C6H15N3O.C4H10N2/c7-6-5-8-1-2-9(6)3-4-10;1-2-6-4-3-5-1/h6,8,10H,1-5,7H2;5-6H,1-4H2.